The summed E-state index contributed by atoms with van der Waals surface area (Å²) in [5.74, 6) is 2.55. The summed E-state index contributed by atoms with van der Waals surface area (Å²) in [6.07, 6.45) is 7.06. The molecule has 3 aromatic rings. The van der Waals surface area contributed by atoms with Gasteiger partial charge in [0.2, 0.25) is 0 Å². The zero-order valence-electron chi connectivity index (χ0n) is 12.6. The van der Waals surface area contributed by atoms with Crippen molar-refractivity contribution in [3.8, 4) is 12.3 Å². The molecule has 2 N–H and O–H groups in total. The minimum absolute atomic E-state index is 0.250. The van der Waals surface area contributed by atoms with E-state index in [2.05, 4.69) is 33.5 Å². The molecule has 0 amide bonds. The molecule has 0 spiro atoms. The van der Waals surface area contributed by atoms with Crippen molar-refractivity contribution >= 4 is 39.8 Å². The molecule has 122 valence electrons. The number of rotatable bonds is 4. The molecule has 3 rings (SSSR count). The number of fused-ring (bicyclic) bond motifs is 1. The summed E-state index contributed by atoms with van der Waals surface area (Å²) in [6, 6.07) is 12.0. The lowest BCUT2D eigenvalue weighted by Gasteiger charge is -2.07. The zero-order valence-corrected chi connectivity index (χ0v) is 14.1. The standard InChI is InChI=1S/C16H13ClN4.HNOS/c1-2-10-21-16-14(15(17)20-21)13(8-9-18-16)19-11-12-6-4-3-5-7-12;1-3-2/h1,3-9H,10-11H2,(H,18,19);1H. The van der Waals surface area contributed by atoms with Gasteiger partial charge in [0, 0.05) is 12.7 Å². The molecule has 2 aromatic heterocycles. The molecule has 0 unspecified atom stereocenters. The first kappa shape index (κ1) is 17.7. The quantitative estimate of drug-likeness (QED) is 0.700. The lowest BCUT2D eigenvalue weighted by atomic mass is 10.2. The van der Waals surface area contributed by atoms with Gasteiger partial charge in [-0.05, 0) is 11.6 Å². The fraction of sp³-hybridized carbons (Fsp3) is 0.125. The Balaban J connectivity index is 0.000000647. The highest BCUT2D eigenvalue weighted by Crippen LogP contribution is 2.28. The highest BCUT2D eigenvalue weighted by Gasteiger charge is 2.13. The number of benzene rings is 1. The van der Waals surface area contributed by atoms with E-state index in [1.54, 1.807) is 10.9 Å². The van der Waals surface area contributed by atoms with E-state index in [1.165, 1.54) is 5.56 Å². The Hall–Kier alpha value is -2.69. The fourth-order valence-electron chi connectivity index (χ4n) is 2.19. The van der Waals surface area contributed by atoms with Crippen LogP contribution in [-0.4, -0.2) is 19.0 Å². The van der Waals surface area contributed by atoms with Crippen LogP contribution in [0.5, 0.6) is 0 Å². The SMILES string of the molecule is C#CCn1nc(Cl)c2c(NCc3ccccc3)ccnc21.N=S=O. The molecule has 2 heterocycles. The van der Waals surface area contributed by atoms with Gasteiger partial charge in [0.25, 0.3) is 0 Å². The first-order valence-corrected chi connectivity index (χ1v) is 8.01. The van der Waals surface area contributed by atoms with E-state index in [1.807, 2.05) is 24.3 Å². The van der Waals surface area contributed by atoms with E-state index in [0.717, 1.165) is 11.1 Å². The Bertz CT molecular complexity index is 898. The minimum Gasteiger partial charge on any atom is -0.380 e. The Morgan fingerprint density at radius 2 is 2.04 bits per heavy atom. The maximum Gasteiger partial charge on any atom is 0.196 e. The van der Waals surface area contributed by atoms with Crippen LogP contribution < -0.4 is 5.32 Å². The van der Waals surface area contributed by atoms with Crippen molar-refractivity contribution in [2.45, 2.75) is 13.1 Å². The molecule has 1 aromatic carbocycles. The second-order valence-corrected chi connectivity index (χ2v) is 5.16. The van der Waals surface area contributed by atoms with Crippen molar-refractivity contribution in [3.05, 3.63) is 53.3 Å². The van der Waals surface area contributed by atoms with Crippen molar-refractivity contribution in [3.63, 3.8) is 0 Å². The molecule has 0 fully saturated rings. The van der Waals surface area contributed by atoms with Crippen molar-refractivity contribution in [2.24, 2.45) is 0 Å². The highest BCUT2D eigenvalue weighted by atomic mass is 35.5. The van der Waals surface area contributed by atoms with E-state index in [4.69, 9.17) is 27.0 Å². The van der Waals surface area contributed by atoms with Crippen LogP contribution in [0.1, 0.15) is 5.56 Å². The maximum atomic E-state index is 8.51. The van der Waals surface area contributed by atoms with Crippen molar-refractivity contribution in [2.75, 3.05) is 5.32 Å². The van der Waals surface area contributed by atoms with Crippen LogP contribution in [0.15, 0.2) is 42.6 Å². The molecular weight excluding hydrogens is 346 g/mol. The van der Waals surface area contributed by atoms with Gasteiger partial charge in [-0.1, -0.05) is 47.9 Å². The summed E-state index contributed by atoms with van der Waals surface area (Å²) in [6.45, 7) is 1.05. The van der Waals surface area contributed by atoms with Crippen LogP contribution in [0.2, 0.25) is 5.15 Å². The Morgan fingerprint density at radius 1 is 1.33 bits per heavy atom. The van der Waals surface area contributed by atoms with E-state index in [9.17, 15) is 0 Å². The summed E-state index contributed by atoms with van der Waals surface area (Å²) >= 11 is 5.97. The molecular formula is C16H14ClN5OS. The lowest BCUT2D eigenvalue weighted by molar-refractivity contribution is 0.697. The van der Waals surface area contributed by atoms with Crippen molar-refractivity contribution in [1.82, 2.24) is 14.8 Å². The van der Waals surface area contributed by atoms with Gasteiger partial charge in [-0.15, -0.1) is 6.42 Å². The number of nitrogens with one attached hydrogen (secondary N) is 2. The Labute approximate surface area is 147 Å². The van der Waals surface area contributed by atoms with Crippen molar-refractivity contribution in [1.29, 1.82) is 4.78 Å². The minimum atomic E-state index is -0.250. The molecule has 0 radical (unpaired) electrons. The number of hydrogen-bond acceptors (Lipinski definition) is 5. The van der Waals surface area contributed by atoms with Crippen LogP contribution in [0.25, 0.3) is 11.0 Å². The molecule has 0 bridgehead atoms. The molecule has 8 heteroatoms. The van der Waals surface area contributed by atoms with Crippen molar-refractivity contribution < 1.29 is 4.21 Å². The summed E-state index contributed by atoms with van der Waals surface area (Å²) in [5.41, 5.74) is 2.78. The third-order valence-electron chi connectivity index (χ3n) is 3.16. The van der Waals surface area contributed by atoms with E-state index in [-0.39, 0.29) is 11.5 Å². The fourth-order valence-corrected chi connectivity index (χ4v) is 2.47. The lowest BCUT2D eigenvalue weighted by Crippen LogP contribution is -2.01. The van der Waals surface area contributed by atoms with E-state index in [0.29, 0.717) is 23.9 Å². The number of terminal acetylenes is 1. The number of pyridine rings is 1. The van der Waals surface area contributed by atoms with Crippen LogP contribution in [0.3, 0.4) is 0 Å². The maximum absolute atomic E-state index is 8.51. The molecule has 0 aliphatic heterocycles. The van der Waals surface area contributed by atoms with Gasteiger partial charge in [0.05, 0.1) is 11.1 Å². The summed E-state index contributed by atoms with van der Waals surface area (Å²) in [7, 11) is 0. The van der Waals surface area contributed by atoms with Crippen LogP contribution in [-0.2, 0) is 24.6 Å². The van der Waals surface area contributed by atoms with Crippen LogP contribution in [0, 0.1) is 17.1 Å². The predicted octanol–water partition coefficient (Wildman–Crippen LogP) is 3.29. The molecule has 0 saturated carbocycles. The van der Waals surface area contributed by atoms with Gasteiger partial charge in [0.1, 0.15) is 6.54 Å². The second-order valence-electron chi connectivity index (χ2n) is 4.63. The Morgan fingerprint density at radius 3 is 2.71 bits per heavy atom. The number of halogens is 1. The average Bonchev–Trinajstić information content (AvgIpc) is 2.92. The molecule has 0 aliphatic carbocycles. The predicted molar refractivity (Wildman–Crippen MR) is 96.0 cm³/mol. The largest absolute Gasteiger partial charge is 0.380 e. The van der Waals surface area contributed by atoms with Crippen LogP contribution in [0.4, 0.5) is 5.69 Å². The molecule has 0 aliphatic rings. The first-order chi connectivity index (χ1) is 11.7. The number of aromatic nitrogens is 3. The normalized spacial score (nSPS) is 9.67. The monoisotopic (exact) mass is 359 g/mol. The first-order valence-electron chi connectivity index (χ1n) is 6.89. The van der Waals surface area contributed by atoms with Crippen LogP contribution >= 0.6 is 11.6 Å². The zero-order chi connectivity index (χ0) is 17.4. The topological polar surface area (TPSA) is 83.7 Å². The third kappa shape index (κ3) is 4.19. The molecule has 24 heavy (non-hydrogen) atoms. The Kier molecular flexibility index (Phi) is 6.49. The summed E-state index contributed by atoms with van der Waals surface area (Å²) < 4.78 is 15.7. The van der Waals surface area contributed by atoms with Gasteiger partial charge >= 0.3 is 0 Å². The highest BCUT2D eigenvalue weighted by molar-refractivity contribution is 7.53. The second kappa shape index (κ2) is 8.82. The van der Waals surface area contributed by atoms with Gasteiger partial charge < -0.3 is 5.32 Å². The van der Waals surface area contributed by atoms with E-state index < -0.39 is 0 Å². The molecule has 6 nitrogen and oxygen atoms in total. The van der Waals surface area contributed by atoms with Gasteiger partial charge in [-0.2, -0.15) is 9.31 Å². The van der Waals surface area contributed by atoms with Gasteiger partial charge in [0.15, 0.2) is 22.3 Å². The average molecular weight is 360 g/mol. The smallest absolute Gasteiger partial charge is 0.196 e. The van der Waals surface area contributed by atoms with Gasteiger partial charge in [-0.3, -0.25) is 0 Å². The number of hydrogen-bond donors (Lipinski definition) is 2. The third-order valence-corrected chi connectivity index (χ3v) is 3.42. The summed E-state index contributed by atoms with van der Waals surface area (Å²) in [5, 5.41) is 8.81. The summed E-state index contributed by atoms with van der Waals surface area (Å²) in [4.78, 5) is 4.32. The number of nitrogens with zero attached hydrogens (tertiary/aromatic N) is 3. The molecule has 0 atom stereocenters. The number of anilines is 1. The molecule has 0 saturated heterocycles. The van der Waals surface area contributed by atoms with E-state index >= 15 is 0 Å². The van der Waals surface area contributed by atoms with Gasteiger partial charge in [-0.25, -0.2) is 14.4 Å².